The van der Waals surface area contributed by atoms with Gasteiger partial charge in [-0.1, -0.05) is 32.9 Å². The van der Waals surface area contributed by atoms with E-state index in [4.69, 9.17) is 0 Å². The molecule has 2 aliphatic rings. The number of carbonyl (C=O) groups excluding carboxylic acids is 2. The van der Waals surface area contributed by atoms with Crippen LogP contribution >= 0.6 is 11.8 Å². The van der Waals surface area contributed by atoms with Crippen molar-refractivity contribution in [2.24, 2.45) is 21.8 Å². The van der Waals surface area contributed by atoms with Crippen molar-refractivity contribution >= 4 is 35.0 Å². The van der Waals surface area contributed by atoms with E-state index in [9.17, 15) is 9.59 Å². The lowest BCUT2D eigenvalue weighted by atomic mass is 9.70. The van der Waals surface area contributed by atoms with Crippen molar-refractivity contribution in [1.82, 2.24) is 5.43 Å². The lowest BCUT2D eigenvalue weighted by Gasteiger charge is -2.34. The number of hydrogen-bond donors (Lipinski definition) is 2. The average Bonchev–Trinajstić information content (AvgIpc) is 2.93. The fourth-order valence-corrected chi connectivity index (χ4v) is 5.03. The molecular formula is C21H29N3O2S. The third-order valence-electron chi connectivity index (χ3n) is 6.60. The van der Waals surface area contributed by atoms with Gasteiger partial charge >= 0.3 is 0 Å². The summed E-state index contributed by atoms with van der Waals surface area (Å²) < 4.78 is 0. The number of benzene rings is 1. The molecule has 2 amide bonds. The molecule has 146 valence electrons. The maximum Gasteiger partial charge on any atom is 0.250 e. The summed E-state index contributed by atoms with van der Waals surface area (Å²) in [6.45, 7) is 8.89. The van der Waals surface area contributed by atoms with E-state index in [0.717, 1.165) is 29.8 Å². The van der Waals surface area contributed by atoms with Crippen molar-refractivity contribution in [3.63, 3.8) is 0 Å². The monoisotopic (exact) mass is 387 g/mol. The van der Waals surface area contributed by atoms with Gasteiger partial charge in [-0.05, 0) is 55.2 Å². The van der Waals surface area contributed by atoms with E-state index in [1.54, 1.807) is 0 Å². The Labute approximate surface area is 165 Å². The maximum atomic E-state index is 12.1. The molecule has 0 radical (unpaired) electrons. The summed E-state index contributed by atoms with van der Waals surface area (Å²) >= 11 is 1.30. The highest BCUT2D eigenvalue weighted by Crippen LogP contribution is 2.63. The molecule has 0 spiro atoms. The smallest absolute Gasteiger partial charge is 0.250 e. The minimum absolute atomic E-state index is 0.0891. The van der Waals surface area contributed by atoms with E-state index in [2.05, 4.69) is 36.6 Å². The van der Waals surface area contributed by atoms with E-state index in [-0.39, 0.29) is 34.2 Å². The average molecular weight is 388 g/mol. The number of carbonyl (C=O) groups is 2. The van der Waals surface area contributed by atoms with Gasteiger partial charge in [-0.25, -0.2) is 5.43 Å². The van der Waals surface area contributed by atoms with Crippen molar-refractivity contribution in [2.75, 3.05) is 16.8 Å². The molecule has 2 bridgehead atoms. The number of fused-ring (bicyclic) bond motifs is 2. The van der Waals surface area contributed by atoms with E-state index in [1.165, 1.54) is 18.2 Å². The molecule has 0 aromatic heterocycles. The van der Waals surface area contributed by atoms with E-state index in [1.807, 2.05) is 31.2 Å². The highest BCUT2D eigenvalue weighted by Gasteiger charge is 2.59. The summed E-state index contributed by atoms with van der Waals surface area (Å²) in [5, 5.41) is 7.30. The van der Waals surface area contributed by atoms with Crippen molar-refractivity contribution in [3.05, 3.63) is 29.8 Å². The zero-order valence-corrected chi connectivity index (χ0v) is 17.4. The molecule has 27 heavy (non-hydrogen) atoms. The normalized spacial score (nSPS) is 27.0. The first-order valence-electron chi connectivity index (χ1n) is 9.52. The fourth-order valence-electron chi connectivity index (χ4n) is 4.42. The number of rotatable bonds is 6. The Morgan fingerprint density at radius 2 is 1.96 bits per heavy atom. The lowest BCUT2D eigenvalue weighted by Crippen LogP contribution is -2.34. The van der Waals surface area contributed by atoms with Gasteiger partial charge in [0, 0.05) is 16.8 Å². The second-order valence-electron chi connectivity index (χ2n) is 8.50. The van der Waals surface area contributed by atoms with Crippen LogP contribution in [0.1, 0.15) is 45.6 Å². The van der Waals surface area contributed by atoms with Crippen LogP contribution in [0.3, 0.4) is 0 Å². The summed E-state index contributed by atoms with van der Waals surface area (Å²) in [5.74, 6) is 0.872. The van der Waals surface area contributed by atoms with Crippen LogP contribution in [-0.4, -0.2) is 29.0 Å². The Bertz CT molecular complexity index is 774. The second kappa shape index (κ2) is 7.66. The van der Waals surface area contributed by atoms with Crippen LogP contribution in [0, 0.1) is 23.7 Å². The first-order chi connectivity index (χ1) is 12.7. The summed E-state index contributed by atoms with van der Waals surface area (Å²) in [6, 6.07) is 7.66. The summed E-state index contributed by atoms with van der Waals surface area (Å²) in [6.07, 6.45) is 3.38. The fraction of sp³-hybridized carbons (Fsp3) is 0.571. The van der Waals surface area contributed by atoms with Gasteiger partial charge in [0.1, 0.15) is 0 Å². The molecule has 0 heterocycles. The Hall–Kier alpha value is -1.82. The van der Waals surface area contributed by atoms with E-state index < -0.39 is 0 Å². The van der Waals surface area contributed by atoms with Crippen LogP contribution < -0.4 is 10.7 Å². The molecule has 0 saturated heterocycles. The van der Waals surface area contributed by atoms with Gasteiger partial charge in [0.2, 0.25) is 11.8 Å². The SMILES string of the molecule is Cc1cccc(NC(=O)CSCC(=O)N/N=C2/C[C@H]3CC[C@]2(C)C3(C)C)c1. The van der Waals surface area contributed by atoms with Gasteiger partial charge in [-0.3, -0.25) is 9.59 Å². The quantitative estimate of drug-likeness (QED) is 0.725. The largest absolute Gasteiger partial charge is 0.325 e. The second-order valence-corrected chi connectivity index (χ2v) is 9.48. The minimum atomic E-state index is -0.153. The van der Waals surface area contributed by atoms with Gasteiger partial charge in [0.15, 0.2) is 0 Å². The number of amides is 2. The van der Waals surface area contributed by atoms with Crippen LogP contribution in [0.5, 0.6) is 0 Å². The van der Waals surface area contributed by atoms with Gasteiger partial charge in [-0.2, -0.15) is 5.10 Å². The Morgan fingerprint density at radius 3 is 2.59 bits per heavy atom. The first kappa shape index (κ1) is 19.9. The predicted molar refractivity (Wildman–Crippen MR) is 112 cm³/mol. The molecule has 5 nitrogen and oxygen atoms in total. The molecule has 1 aromatic carbocycles. The zero-order valence-electron chi connectivity index (χ0n) is 16.6. The number of anilines is 1. The van der Waals surface area contributed by atoms with Gasteiger partial charge in [0.25, 0.3) is 0 Å². The highest BCUT2D eigenvalue weighted by atomic mass is 32.2. The molecule has 2 saturated carbocycles. The number of thioether (sulfide) groups is 1. The van der Waals surface area contributed by atoms with Crippen molar-refractivity contribution in [1.29, 1.82) is 0 Å². The Kier molecular flexibility index (Phi) is 5.65. The zero-order chi connectivity index (χ0) is 19.7. The molecule has 1 aromatic rings. The molecule has 2 fully saturated rings. The van der Waals surface area contributed by atoms with E-state index >= 15 is 0 Å². The van der Waals surface area contributed by atoms with Crippen LogP contribution in [0.4, 0.5) is 5.69 Å². The number of hydrazone groups is 1. The lowest BCUT2D eigenvalue weighted by molar-refractivity contribution is -0.118. The Balaban J connectivity index is 1.42. The first-order valence-corrected chi connectivity index (χ1v) is 10.7. The number of hydrogen-bond acceptors (Lipinski definition) is 4. The molecule has 0 unspecified atom stereocenters. The molecule has 2 aliphatic carbocycles. The van der Waals surface area contributed by atoms with Crippen LogP contribution in [0.2, 0.25) is 0 Å². The number of aryl methyl sites for hydroxylation is 1. The highest BCUT2D eigenvalue weighted by molar-refractivity contribution is 8.00. The summed E-state index contributed by atoms with van der Waals surface area (Å²) in [4.78, 5) is 24.1. The number of nitrogens with zero attached hydrogens (tertiary/aromatic N) is 1. The molecular weight excluding hydrogens is 358 g/mol. The number of nitrogens with one attached hydrogen (secondary N) is 2. The third kappa shape index (κ3) is 4.05. The van der Waals surface area contributed by atoms with Crippen LogP contribution in [-0.2, 0) is 9.59 Å². The van der Waals surface area contributed by atoms with Crippen LogP contribution in [0.15, 0.2) is 29.4 Å². The summed E-state index contributed by atoms with van der Waals surface area (Å²) in [7, 11) is 0. The topological polar surface area (TPSA) is 70.6 Å². The molecule has 0 aliphatic heterocycles. The summed E-state index contributed by atoms with van der Waals surface area (Å²) in [5.41, 5.74) is 6.04. The van der Waals surface area contributed by atoms with Crippen LogP contribution in [0.25, 0.3) is 0 Å². The van der Waals surface area contributed by atoms with Gasteiger partial charge < -0.3 is 5.32 Å². The van der Waals surface area contributed by atoms with Gasteiger partial charge in [0.05, 0.1) is 11.5 Å². The molecule has 2 N–H and O–H groups in total. The van der Waals surface area contributed by atoms with Crippen molar-refractivity contribution in [2.45, 2.75) is 47.0 Å². The van der Waals surface area contributed by atoms with Gasteiger partial charge in [-0.15, -0.1) is 11.8 Å². The minimum Gasteiger partial charge on any atom is -0.325 e. The van der Waals surface area contributed by atoms with Crippen molar-refractivity contribution < 1.29 is 9.59 Å². The van der Waals surface area contributed by atoms with Crippen molar-refractivity contribution in [3.8, 4) is 0 Å². The Morgan fingerprint density at radius 1 is 1.22 bits per heavy atom. The molecule has 3 rings (SSSR count). The predicted octanol–water partition coefficient (Wildman–Crippen LogP) is 3.99. The standard InChI is InChI=1S/C21H29N3O2S/c1-14-6-5-7-16(10-14)22-18(25)12-27-13-19(26)24-23-17-11-15-8-9-21(17,4)20(15,2)3/h5-7,10,15H,8-9,11-13H2,1-4H3,(H,22,25)(H,24,26)/b23-17-/t15-,21+/m1/s1. The van der Waals surface area contributed by atoms with E-state index in [0.29, 0.717) is 5.92 Å². The maximum absolute atomic E-state index is 12.1. The molecule has 2 atom stereocenters. The molecule has 6 heteroatoms. The third-order valence-corrected chi connectivity index (χ3v) is 7.53.